The summed E-state index contributed by atoms with van der Waals surface area (Å²) in [5.74, 6) is -0.502. The molecular weight excluding hydrogens is 659 g/mol. The number of rotatable bonds is 40. The summed E-state index contributed by atoms with van der Waals surface area (Å²) in [6.45, 7) is 6.39. The second-order valence-corrected chi connectivity index (χ2v) is 15.5. The van der Waals surface area contributed by atoms with Gasteiger partial charge in [-0.1, -0.05) is 186 Å². The van der Waals surface area contributed by atoms with Gasteiger partial charge in [-0.15, -0.1) is 0 Å². The molecule has 0 fully saturated rings. The molecule has 6 heteroatoms. The van der Waals surface area contributed by atoms with Gasteiger partial charge >= 0.3 is 5.97 Å². The first-order valence-electron chi connectivity index (χ1n) is 22.7. The third-order valence-electron chi connectivity index (χ3n) is 10.2. The molecule has 0 heterocycles. The van der Waals surface area contributed by atoms with Crippen LogP contribution >= 0.6 is 0 Å². The van der Waals surface area contributed by atoms with Crippen molar-refractivity contribution < 1.29 is 24.5 Å². The van der Waals surface area contributed by atoms with E-state index in [4.69, 9.17) is 4.74 Å². The van der Waals surface area contributed by atoms with Crippen molar-refractivity contribution in [3.63, 3.8) is 0 Å². The molecule has 0 aromatic heterocycles. The van der Waals surface area contributed by atoms with E-state index in [0.29, 0.717) is 19.3 Å². The lowest BCUT2D eigenvalue weighted by Gasteiger charge is -2.24. The monoisotopic (exact) mass is 746 g/mol. The molecule has 0 saturated heterocycles. The van der Waals surface area contributed by atoms with Gasteiger partial charge < -0.3 is 20.3 Å². The molecule has 0 saturated carbocycles. The zero-order valence-electron chi connectivity index (χ0n) is 35.1. The number of esters is 1. The third kappa shape index (κ3) is 36.8. The van der Waals surface area contributed by atoms with Crippen LogP contribution in [0.5, 0.6) is 0 Å². The summed E-state index contributed by atoms with van der Waals surface area (Å²) < 4.78 is 5.86. The topological polar surface area (TPSA) is 95.9 Å². The Morgan fingerprint density at radius 1 is 0.547 bits per heavy atom. The normalized spacial score (nSPS) is 13.7. The number of aliphatic hydroxyl groups is 2. The molecule has 0 aromatic carbocycles. The van der Waals surface area contributed by atoms with Crippen molar-refractivity contribution in [2.45, 2.75) is 244 Å². The molecule has 6 nitrogen and oxygen atoms in total. The summed E-state index contributed by atoms with van der Waals surface area (Å²) in [6, 6.07) is -0.699. The number of ether oxygens (including phenoxy) is 1. The average molecular weight is 746 g/mol. The Labute approximate surface area is 328 Å². The quantitative estimate of drug-likeness (QED) is 0.0330. The summed E-state index contributed by atoms with van der Waals surface area (Å²) >= 11 is 0. The molecule has 3 N–H and O–H groups in total. The zero-order valence-corrected chi connectivity index (χ0v) is 35.1. The van der Waals surface area contributed by atoms with E-state index >= 15 is 0 Å². The number of allylic oxidation sites excluding steroid dienone is 6. The van der Waals surface area contributed by atoms with Gasteiger partial charge in [-0.25, -0.2) is 0 Å². The maximum Gasteiger partial charge on any atom is 0.306 e. The first-order valence-corrected chi connectivity index (χ1v) is 22.7. The van der Waals surface area contributed by atoms with Crippen LogP contribution in [0.25, 0.3) is 0 Å². The molecule has 310 valence electrons. The minimum atomic E-state index is -0.785. The van der Waals surface area contributed by atoms with E-state index in [9.17, 15) is 19.8 Å². The Hall–Kier alpha value is -1.92. The van der Waals surface area contributed by atoms with Crippen molar-refractivity contribution in [3.8, 4) is 0 Å². The van der Waals surface area contributed by atoms with Gasteiger partial charge in [0.25, 0.3) is 0 Å². The smallest absolute Gasteiger partial charge is 0.306 e. The fourth-order valence-electron chi connectivity index (χ4n) is 6.73. The first kappa shape index (κ1) is 51.1. The first-order chi connectivity index (χ1) is 26.0. The molecule has 1 amide bonds. The fourth-order valence-corrected chi connectivity index (χ4v) is 6.73. The molecule has 0 aromatic rings. The van der Waals surface area contributed by atoms with Crippen molar-refractivity contribution in [1.29, 1.82) is 0 Å². The Kier molecular flexibility index (Phi) is 39.8. The van der Waals surface area contributed by atoms with Crippen LogP contribution in [0, 0.1) is 0 Å². The maximum atomic E-state index is 13.0. The third-order valence-corrected chi connectivity index (χ3v) is 10.2. The Morgan fingerprint density at radius 3 is 1.49 bits per heavy atom. The average Bonchev–Trinajstić information content (AvgIpc) is 3.15. The molecule has 0 bridgehead atoms. The lowest BCUT2D eigenvalue weighted by atomic mass is 10.0. The molecular formula is C47H87NO5. The highest BCUT2D eigenvalue weighted by molar-refractivity contribution is 5.77. The maximum absolute atomic E-state index is 13.0. The van der Waals surface area contributed by atoms with Crippen molar-refractivity contribution in [3.05, 3.63) is 36.5 Å². The second-order valence-electron chi connectivity index (χ2n) is 15.5. The van der Waals surface area contributed by atoms with E-state index in [0.717, 1.165) is 83.5 Å². The fraction of sp³-hybridized carbons (Fsp3) is 0.830. The number of hydrogen-bond donors (Lipinski definition) is 3. The molecule has 0 rings (SSSR count). The van der Waals surface area contributed by atoms with Crippen molar-refractivity contribution in [2.24, 2.45) is 0 Å². The van der Waals surface area contributed by atoms with Gasteiger partial charge in [0.1, 0.15) is 6.10 Å². The Balaban J connectivity index is 4.46. The lowest BCUT2D eigenvalue weighted by Crippen LogP contribution is -2.46. The van der Waals surface area contributed by atoms with Crippen molar-refractivity contribution >= 4 is 11.9 Å². The largest absolute Gasteiger partial charge is 0.462 e. The predicted octanol–water partition coefficient (Wildman–Crippen LogP) is 12.9. The van der Waals surface area contributed by atoms with Crippen LogP contribution in [-0.4, -0.2) is 46.9 Å². The molecule has 0 aliphatic rings. The number of amides is 1. The number of carbonyl (C=O) groups excluding carboxylic acids is 2. The van der Waals surface area contributed by atoms with Crippen LogP contribution in [-0.2, 0) is 14.3 Å². The SMILES string of the molecule is CCCCC/C=C\C/C=C\C/C=C\CCCCCCC(=O)OC(CCCCCCCCC)CC(=O)NC(CO)C(O)CCCCCCCCCCCC. The van der Waals surface area contributed by atoms with Gasteiger partial charge in [0.05, 0.1) is 25.2 Å². The standard InChI is InChI=1S/C47H87NO5/c1-4-7-10-13-16-18-20-21-22-23-24-25-26-28-31-34-37-40-47(52)53-43(38-35-32-29-15-12-9-6-3)41-46(51)48-44(42-49)45(50)39-36-33-30-27-19-17-14-11-8-5-2/h16,18,21-22,24-25,43-45,49-50H,4-15,17,19-20,23,26-42H2,1-3H3,(H,48,51)/b18-16-,22-21-,25-24-. The summed E-state index contributed by atoms with van der Waals surface area (Å²) in [4.78, 5) is 25.9. The summed E-state index contributed by atoms with van der Waals surface area (Å²) in [5, 5.41) is 23.5. The van der Waals surface area contributed by atoms with Gasteiger partial charge in [0.15, 0.2) is 0 Å². The van der Waals surface area contributed by atoms with Crippen LogP contribution in [0.4, 0.5) is 0 Å². The van der Waals surface area contributed by atoms with Gasteiger partial charge in [0.2, 0.25) is 5.91 Å². The van der Waals surface area contributed by atoms with Crippen molar-refractivity contribution in [2.75, 3.05) is 6.61 Å². The molecule has 3 atom stereocenters. The number of nitrogens with one attached hydrogen (secondary N) is 1. The minimum absolute atomic E-state index is 0.0698. The summed E-state index contributed by atoms with van der Waals surface area (Å²) in [6.07, 6.45) is 46.4. The Bertz CT molecular complexity index is 884. The van der Waals surface area contributed by atoms with Crippen molar-refractivity contribution in [1.82, 2.24) is 5.32 Å². The van der Waals surface area contributed by atoms with Gasteiger partial charge in [-0.05, 0) is 64.2 Å². The molecule has 0 aliphatic carbocycles. The predicted molar refractivity (Wildman–Crippen MR) is 227 cm³/mol. The van der Waals surface area contributed by atoms with Gasteiger partial charge in [-0.2, -0.15) is 0 Å². The van der Waals surface area contributed by atoms with E-state index in [1.807, 2.05) is 0 Å². The Morgan fingerprint density at radius 2 is 0.962 bits per heavy atom. The lowest BCUT2D eigenvalue weighted by molar-refractivity contribution is -0.151. The second kappa shape index (κ2) is 41.2. The highest BCUT2D eigenvalue weighted by Crippen LogP contribution is 2.17. The van der Waals surface area contributed by atoms with Gasteiger partial charge in [-0.3, -0.25) is 9.59 Å². The van der Waals surface area contributed by atoms with Crippen LogP contribution < -0.4 is 5.32 Å². The molecule has 0 radical (unpaired) electrons. The van der Waals surface area contributed by atoms with Crippen LogP contribution in [0.15, 0.2) is 36.5 Å². The minimum Gasteiger partial charge on any atom is -0.462 e. The van der Waals surface area contributed by atoms with E-state index in [-0.39, 0.29) is 24.9 Å². The number of carbonyl (C=O) groups is 2. The van der Waals surface area contributed by atoms with E-state index in [1.165, 1.54) is 96.3 Å². The molecule has 0 spiro atoms. The highest BCUT2D eigenvalue weighted by Gasteiger charge is 2.24. The van der Waals surface area contributed by atoms with E-state index < -0.39 is 18.2 Å². The summed E-state index contributed by atoms with van der Waals surface area (Å²) in [7, 11) is 0. The van der Waals surface area contributed by atoms with E-state index in [1.54, 1.807) is 0 Å². The number of unbranched alkanes of at least 4 members (excludes halogenated alkanes) is 22. The zero-order chi connectivity index (χ0) is 38.9. The molecule has 3 unspecified atom stereocenters. The number of hydrogen-bond acceptors (Lipinski definition) is 5. The van der Waals surface area contributed by atoms with Crippen LogP contribution in [0.1, 0.15) is 226 Å². The van der Waals surface area contributed by atoms with Gasteiger partial charge in [0, 0.05) is 6.42 Å². The highest BCUT2D eigenvalue weighted by atomic mass is 16.5. The number of aliphatic hydroxyl groups excluding tert-OH is 2. The van der Waals surface area contributed by atoms with E-state index in [2.05, 4.69) is 62.5 Å². The molecule has 0 aliphatic heterocycles. The summed E-state index contributed by atoms with van der Waals surface area (Å²) in [5.41, 5.74) is 0. The van der Waals surface area contributed by atoms with Crippen LogP contribution in [0.2, 0.25) is 0 Å². The molecule has 53 heavy (non-hydrogen) atoms. The van der Waals surface area contributed by atoms with Crippen LogP contribution in [0.3, 0.4) is 0 Å².